The van der Waals surface area contributed by atoms with Crippen molar-refractivity contribution in [2.24, 2.45) is 10.8 Å². The van der Waals surface area contributed by atoms with E-state index in [-0.39, 0.29) is 17.2 Å². The molecule has 0 N–H and O–H groups in total. The maximum absolute atomic E-state index is 14.7. The highest BCUT2D eigenvalue weighted by atomic mass is 16.5. The molecule has 0 bridgehead atoms. The number of hydrogen-bond donors (Lipinski definition) is 0. The molecule has 0 aliphatic rings. The van der Waals surface area contributed by atoms with Gasteiger partial charge in [0.05, 0.1) is 16.5 Å². The quantitative estimate of drug-likeness (QED) is 0.0355. The van der Waals surface area contributed by atoms with Crippen molar-refractivity contribution >= 4 is 23.5 Å². The lowest BCUT2D eigenvalue weighted by Gasteiger charge is -2.45. The number of hydrogen-bond acceptors (Lipinski definition) is 8. The molecule has 1 unspecified atom stereocenters. The summed E-state index contributed by atoms with van der Waals surface area (Å²) in [5.74, 6) is 1.83. The maximum atomic E-state index is 14.7. The normalized spacial score (nSPS) is 13.3. The van der Waals surface area contributed by atoms with E-state index in [0.717, 1.165) is 105 Å². The van der Waals surface area contributed by atoms with Gasteiger partial charge in [-0.25, -0.2) is 9.59 Å². The van der Waals surface area contributed by atoms with Crippen molar-refractivity contribution in [2.75, 3.05) is 0 Å². The van der Waals surface area contributed by atoms with Crippen molar-refractivity contribution in [3.05, 3.63) is 186 Å². The highest BCUT2D eigenvalue weighted by Gasteiger charge is 2.50. The Balaban J connectivity index is 1.11. The molecule has 6 rings (SSSR count). The van der Waals surface area contributed by atoms with E-state index in [4.69, 9.17) is 18.9 Å². The van der Waals surface area contributed by atoms with Gasteiger partial charge in [-0.3, -0.25) is 9.59 Å². The molecule has 0 spiro atoms. The summed E-state index contributed by atoms with van der Waals surface area (Å²) in [7, 11) is 0. The van der Waals surface area contributed by atoms with Crippen molar-refractivity contribution in [3.8, 4) is 23.0 Å². The summed E-state index contributed by atoms with van der Waals surface area (Å²) in [5.41, 5.74) is 11.5. The lowest BCUT2D eigenvalue weighted by molar-refractivity contribution is -0.0283. The van der Waals surface area contributed by atoms with E-state index in [1.165, 1.54) is 5.56 Å². The Morgan fingerprint density at radius 1 is 0.359 bits per heavy atom. The van der Waals surface area contributed by atoms with E-state index in [2.05, 4.69) is 90.1 Å². The second-order valence-corrected chi connectivity index (χ2v) is 23.1. The number of carbonyl (C=O) groups excluding carboxylic acids is 4. The number of Topliss-reactive ketones (excluding diaryl/α,β-unsaturated/α-hetero) is 2. The van der Waals surface area contributed by atoms with Crippen LogP contribution < -0.4 is 18.9 Å². The molecule has 0 saturated carbocycles. The summed E-state index contributed by atoms with van der Waals surface area (Å²) in [4.78, 5) is 54.9. The average molecular weight is 1060 g/mol. The standard InChI is InChI=1S/C70H86O8/c1-19-67(15,20-2)63(71)55-25-29-57(30-26-55)65(73)75-59-45(9)35-52(36-46(59)10)42-54-39-49(13)62(50(14)40-54)78-70(18,24-6)69(17,23-5)64(72)56-27-31-58(32-28-56)66(74)76-60-43(7)33-51(34-44(60)8)41-53-37-47(11)61(48(12)38-53)77-68(16,21-3)22-4/h25-40H,19-24,41-42H2,1-18H3/t69-,70?/m1/s1. The van der Waals surface area contributed by atoms with Crippen LogP contribution in [0.5, 0.6) is 23.0 Å². The molecule has 2 atom stereocenters. The summed E-state index contributed by atoms with van der Waals surface area (Å²) < 4.78 is 25.6. The first-order valence-corrected chi connectivity index (χ1v) is 28.2. The summed E-state index contributed by atoms with van der Waals surface area (Å²) in [6, 6.07) is 30.5. The zero-order valence-electron chi connectivity index (χ0n) is 50.2. The molecule has 0 amide bonds. The third-order valence-corrected chi connectivity index (χ3v) is 17.4. The molecule has 414 valence electrons. The van der Waals surface area contributed by atoms with Crippen molar-refractivity contribution in [3.63, 3.8) is 0 Å². The van der Waals surface area contributed by atoms with Crippen molar-refractivity contribution < 1.29 is 38.1 Å². The summed E-state index contributed by atoms with van der Waals surface area (Å²) in [6.07, 6.45) is 5.84. The lowest BCUT2D eigenvalue weighted by atomic mass is 9.66. The monoisotopic (exact) mass is 1050 g/mol. The van der Waals surface area contributed by atoms with Crippen LogP contribution in [0.1, 0.15) is 216 Å². The van der Waals surface area contributed by atoms with Gasteiger partial charge in [0.15, 0.2) is 11.6 Å². The molecular weight excluding hydrogens is 969 g/mol. The number of carbonyl (C=O) groups is 4. The fourth-order valence-corrected chi connectivity index (χ4v) is 11.0. The minimum Gasteiger partial charge on any atom is -0.487 e. The SMILES string of the molecule is CCC(C)(CC)Oc1c(C)cc(Cc2cc(C)c(OC(=O)c3ccc(C(=O)[C@@](C)(CC)C(C)(CC)Oc4c(C)cc(Cc5cc(C)c(OC(=O)c6ccc(C(=O)C(C)(CC)CC)cc6)c(C)c5)cc4C)cc3)c(C)c2)cc1C. The van der Waals surface area contributed by atoms with Gasteiger partial charge in [-0.05, 0) is 219 Å². The van der Waals surface area contributed by atoms with Crippen molar-refractivity contribution in [2.45, 2.75) is 187 Å². The van der Waals surface area contributed by atoms with E-state index in [0.29, 0.717) is 53.0 Å². The first kappa shape index (κ1) is 60.4. The number of benzene rings is 6. The van der Waals surface area contributed by atoms with Gasteiger partial charge in [0.25, 0.3) is 0 Å². The molecule has 6 aromatic carbocycles. The van der Waals surface area contributed by atoms with Gasteiger partial charge in [0.2, 0.25) is 0 Å². The molecule has 8 nitrogen and oxygen atoms in total. The highest BCUT2D eigenvalue weighted by Crippen LogP contribution is 2.45. The van der Waals surface area contributed by atoms with Gasteiger partial charge in [-0.15, -0.1) is 0 Å². The molecule has 0 radical (unpaired) electrons. The Morgan fingerprint density at radius 3 is 0.949 bits per heavy atom. The summed E-state index contributed by atoms with van der Waals surface area (Å²) in [5, 5.41) is 0. The van der Waals surface area contributed by atoms with Crippen molar-refractivity contribution in [1.82, 2.24) is 0 Å². The largest absolute Gasteiger partial charge is 0.487 e. The fourth-order valence-electron chi connectivity index (χ4n) is 11.0. The van der Waals surface area contributed by atoms with E-state index in [1.807, 2.05) is 83.1 Å². The number of esters is 2. The van der Waals surface area contributed by atoms with Gasteiger partial charge in [0, 0.05) is 16.5 Å². The maximum Gasteiger partial charge on any atom is 0.343 e. The molecule has 8 heteroatoms. The van der Waals surface area contributed by atoms with E-state index >= 15 is 0 Å². The molecule has 0 saturated heterocycles. The molecule has 0 fully saturated rings. The second kappa shape index (κ2) is 24.5. The zero-order chi connectivity index (χ0) is 57.7. The first-order chi connectivity index (χ1) is 36.7. The fraction of sp³-hybridized carbons (Fsp3) is 0.429. The molecule has 0 aliphatic carbocycles. The zero-order valence-corrected chi connectivity index (χ0v) is 50.2. The lowest BCUT2D eigenvalue weighted by Crippen LogP contribution is -2.53. The molecule has 0 heterocycles. The Labute approximate surface area is 466 Å². The number of aryl methyl sites for hydroxylation is 8. The number of ketones is 2. The Hall–Kier alpha value is -6.80. The molecular formula is C70H86O8. The molecule has 6 aromatic rings. The van der Waals surface area contributed by atoms with E-state index in [1.54, 1.807) is 48.5 Å². The number of ether oxygens (including phenoxy) is 4. The molecule has 0 aromatic heterocycles. The van der Waals surface area contributed by atoms with Gasteiger partial charge in [0.1, 0.15) is 34.2 Å². The number of rotatable bonds is 23. The first-order valence-electron chi connectivity index (χ1n) is 28.2. The van der Waals surface area contributed by atoms with Crippen LogP contribution in [0.2, 0.25) is 0 Å². The minimum atomic E-state index is -0.926. The molecule has 0 aliphatic heterocycles. The van der Waals surface area contributed by atoms with Crippen LogP contribution >= 0.6 is 0 Å². The molecule has 78 heavy (non-hydrogen) atoms. The van der Waals surface area contributed by atoms with Crippen LogP contribution in [0.25, 0.3) is 0 Å². The third-order valence-electron chi connectivity index (χ3n) is 17.4. The van der Waals surface area contributed by atoms with Gasteiger partial charge in [-0.2, -0.15) is 0 Å². The van der Waals surface area contributed by atoms with Gasteiger partial charge < -0.3 is 18.9 Å². The van der Waals surface area contributed by atoms with Crippen LogP contribution in [0.4, 0.5) is 0 Å². The van der Waals surface area contributed by atoms with Crippen LogP contribution in [-0.2, 0) is 12.8 Å². The Morgan fingerprint density at radius 2 is 0.654 bits per heavy atom. The summed E-state index contributed by atoms with van der Waals surface area (Å²) >= 11 is 0. The van der Waals surface area contributed by atoms with Gasteiger partial charge >= 0.3 is 11.9 Å². The Bertz CT molecular complexity index is 3090. The van der Waals surface area contributed by atoms with Gasteiger partial charge in [-0.1, -0.05) is 121 Å². The minimum absolute atomic E-state index is 0.0624. The van der Waals surface area contributed by atoms with E-state index in [9.17, 15) is 19.2 Å². The highest BCUT2D eigenvalue weighted by molar-refractivity contribution is 6.03. The average Bonchev–Trinajstić information content (AvgIpc) is 3.41. The van der Waals surface area contributed by atoms with Crippen LogP contribution in [-0.4, -0.2) is 34.7 Å². The Kier molecular flexibility index (Phi) is 19.0. The van der Waals surface area contributed by atoms with Crippen LogP contribution in [0, 0.1) is 66.2 Å². The third kappa shape index (κ3) is 12.9. The van der Waals surface area contributed by atoms with Crippen LogP contribution in [0.15, 0.2) is 97.1 Å². The topological polar surface area (TPSA) is 105 Å². The predicted octanol–water partition coefficient (Wildman–Crippen LogP) is 17.6. The second-order valence-electron chi connectivity index (χ2n) is 23.1. The predicted molar refractivity (Wildman–Crippen MR) is 317 cm³/mol. The van der Waals surface area contributed by atoms with Crippen molar-refractivity contribution in [1.29, 1.82) is 0 Å². The van der Waals surface area contributed by atoms with E-state index < -0.39 is 28.4 Å². The van der Waals surface area contributed by atoms with Crippen LogP contribution in [0.3, 0.4) is 0 Å². The summed E-state index contributed by atoms with van der Waals surface area (Å²) in [6.45, 7) is 36.8. The smallest absolute Gasteiger partial charge is 0.343 e.